The lowest BCUT2D eigenvalue weighted by molar-refractivity contribution is -0.154. The number of hydrogen-bond acceptors (Lipinski definition) is 5. The summed E-state index contributed by atoms with van der Waals surface area (Å²) in [5.74, 6) is -0.107. The van der Waals surface area contributed by atoms with Crippen molar-refractivity contribution in [2.75, 3.05) is 31.6 Å². The summed E-state index contributed by atoms with van der Waals surface area (Å²) in [6, 6.07) is 8.15. The number of rotatable bonds is 12. The quantitative estimate of drug-likeness (QED) is 0.305. The Morgan fingerprint density at radius 3 is 2.44 bits per heavy atom. The first kappa shape index (κ1) is 32.1. The van der Waals surface area contributed by atoms with E-state index in [1.54, 1.807) is 0 Å². The number of nitrogens with one attached hydrogen (secondary N) is 1. The third kappa shape index (κ3) is 11.1. The van der Waals surface area contributed by atoms with Crippen LogP contribution in [-0.2, 0) is 9.53 Å². The molecule has 2 aromatic rings. The minimum Gasteiger partial charge on any atom is -0.464 e. The monoisotopic (exact) mass is 493 g/mol. The van der Waals surface area contributed by atoms with Crippen LogP contribution < -0.4 is 5.32 Å². The summed E-state index contributed by atoms with van der Waals surface area (Å²) in [6.45, 7) is 21.4. The highest BCUT2D eigenvalue weighted by Crippen LogP contribution is 2.25. The van der Waals surface area contributed by atoms with Crippen LogP contribution in [0, 0.1) is 5.41 Å². The van der Waals surface area contributed by atoms with E-state index in [1.165, 1.54) is 0 Å². The lowest BCUT2D eigenvalue weighted by Gasteiger charge is -2.24. The highest BCUT2D eigenvalue weighted by atomic mass is 35.5. The lowest BCUT2D eigenvalue weighted by Crippen LogP contribution is -2.32. The number of likely N-dealkylation sites (N-methyl/N-ethyl adjacent to an activating group) is 1. The van der Waals surface area contributed by atoms with Crippen LogP contribution in [0.4, 0.5) is 5.69 Å². The molecule has 1 aromatic carbocycles. The number of pyridine rings is 1. The summed E-state index contributed by atoms with van der Waals surface area (Å²) >= 11 is 6.08. The van der Waals surface area contributed by atoms with Crippen LogP contribution in [0.3, 0.4) is 0 Å². The Balaban J connectivity index is 0.00000258. The Morgan fingerprint density at radius 1 is 1.15 bits per heavy atom. The molecule has 0 fully saturated rings. The smallest absolute Gasteiger partial charge is 0.311 e. The number of hydrogen-bond donors (Lipinski definition) is 1. The molecule has 194 valence electrons. The van der Waals surface area contributed by atoms with Gasteiger partial charge in [0.2, 0.25) is 0 Å². The maximum absolute atomic E-state index is 12.1. The Labute approximate surface area is 213 Å². The normalized spacial score (nSPS) is 11.7. The van der Waals surface area contributed by atoms with Gasteiger partial charge in [-0.3, -0.25) is 9.78 Å². The van der Waals surface area contributed by atoms with Crippen molar-refractivity contribution < 1.29 is 9.53 Å². The van der Waals surface area contributed by atoms with Crippen molar-refractivity contribution in [1.29, 1.82) is 0 Å². The second kappa shape index (κ2) is 17.6. The van der Waals surface area contributed by atoms with Crippen LogP contribution in [0.15, 0.2) is 30.5 Å². The van der Waals surface area contributed by atoms with E-state index >= 15 is 0 Å². The van der Waals surface area contributed by atoms with Crippen molar-refractivity contribution in [2.45, 2.75) is 87.6 Å². The minimum atomic E-state index is -0.402. The number of carbonyl (C=O) groups is 1. The fourth-order valence-electron chi connectivity index (χ4n) is 3.24. The van der Waals surface area contributed by atoms with Gasteiger partial charge < -0.3 is 15.0 Å². The van der Waals surface area contributed by atoms with Crippen molar-refractivity contribution >= 4 is 34.2 Å². The molecule has 1 N–H and O–H groups in total. The maximum atomic E-state index is 12.1. The van der Waals surface area contributed by atoms with Gasteiger partial charge in [0.1, 0.15) is 6.61 Å². The molecular weight excluding hydrogens is 446 g/mol. The van der Waals surface area contributed by atoms with Crippen molar-refractivity contribution in [1.82, 2.24) is 9.88 Å². The number of fused-ring (bicyclic) bond motifs is 1. The molecule has 0 radical (unpaired) electrons. The average Bonchev–Trinajstić information content (AvgIpc) is 2.85. The second-order valence-electron chi connectivity index (χ2n) is 8.52. The van der Waals surface area contributed by atoms with Gasteiger partial charge in [0.15, 0.2) is 0 Å². The number of anilines is 1. The van der Waals surface area contributed by atoms with Crippen LogP contribution in [-0.4, -0.2) is 48.1 Å². The van der Waals surface area contributed by atoms with Gasteiger partial charge in [-0.05, 0) is 77.4 Å². The maximum Gasteiger partial charge on any atom is 0.311 e. The van der Waals surface area contributed by atoms with Gasteiger partial charge in [-0.15, -0.1) is 0 Å². The molecule has 34 heavy (non-hydrogen) atoms. The second-order valence-corrected chi connectivity index (χ2v) is 8.95. The summed E-state index contributed by atoms with van der Waals surface area (Å²) < 4.78 is 5.48. The van der Waals surface area contributed by atoms with Crippen LogP contribution in [0.5, 0.6) is 0 Å². The molecule has 5 nitrogen and oxygen atoms in total. The van der Waals surface area contributed by atoms with E-state index in [0.29, 0.717) is 17.7 Å². The third-order valence-corrected chi connectivity index (χ3v) is 5.98. The number of nitrogens with zero attached hydrogens (tertiary/aromatic N) is 2. The molecule has 1 unspecified atom stereocenters. The van der Waals surface area contributed by atoms with E-state index in [1.807, 2.05) is 78.9 Å². The molecule has 0 spiro atoms. The van der Waals surface area contributed by atoms with E-state index in [0.717, 1.165) is 55.5 Å². The Hall–Kier alpha value is -1.85. The Bertz CT molecular complexity index is 826. The molecule has 0 aliphatic heterocycles. The highest BCUT2D eigenvalue weighted by Gasteiger charge is 2.26. The molecular formula is C28H48ClN3O2. The molecule has 0 aliphatic rings. The predicted octanol–water partition coefficient (Wildman–Crippen LogP) is 7.82. The first-order chi connectivity index (χ1) is 16.3. The zero-order valence-corrected chi connectivity index (χ0v) is 23.8. The molecule has 2 rings (SSSR count). The van der Waals surface area contributed by atoms with Gasteiger partial charge in [0.05, 0.1) is 10.9 Å². The standard InChI is InChI=1S/C24H36ClN3O2.2C2H6/c1-6-24(4,5)23(29)30-16-15-28(7-2)14-8-9-18(3)27-21-12-13-26-22-17-19(25)10-11-20(21)22;2*1-2/h10-13,17-18H,6-9,14-16H2,1-5H3,(H,26,27);2*1-2H3. The summed E-state index contributed by atoms with van der Waals surface area (Å²) in [4.78, 5) is 18.8. The van der Waals surface area contributed by atoms with Crippen LogP contribution in [0.25, 0.3) is 10.9 Å². The molecule has 0 saturated carbocycles. The van der Waals surface area contributed by atoms with Crippen LogP contribution >= 0.6 is 11.6 Å². The van der Waals surface area contributed by atoms with E-state index in [2.05, 4.69) is 29.0 Å². The summed E-state index contributed by atoms with van der Waals surface area (Å²) in [5, 5.41) is 5.39. The topological polar surface area (TPSA) is 54.5 Å². The first-order valence-electron chi connectivity index (χ1n) is 13.0. The third-order valence-electron chi connectivity index (χ3n) is 5.74. The molecule has 1 atom stereocenters. The van der Waals surface area contributed by atoms with Crippen molar-refractivity contribution in [3.05, 3.63) is 35.5 Å². The molecule has 0 saturated heterocycles. The average molecular weight is 494 g/mol. The van der Waals surface area contributed by atoms with Gasteiger partial charge in [-0.1, -0.05) is 53.1 Å². The van der Waals surface area contributed by atoms with E-state index < -0.39 is 5.41 Å². The summed E-state index contributed by atoms with van der Waals surface area (Å²) in [5.41, 5.74) is 1.58. The van der Waals surface area contributed by atoms with Crippen LogP contribution in [0.2, 0.25) is 5.02 Å². The lowest BCUT2D eigenvalue weighted by atomic mass is 9.91. The van der Waals surface area contributed by atoms with Gasteiger partial charge in [0.25, 0.3) is 0 Å². The number of halogens is 1. The number of aromatic nitrogens is 1. The Morgan fingerprint density at radius 2 is 1.82 bits per heavy atom. The number of esters is 1. The fourth-order valence-corrected chi connectivity index (χ4v) is 3.41. The summed E-state index contributed by atoms with van der Waals surface area (Å²) in [7, 11) is 0. The number of benzene rings is 1. The Kier molecular flexibility index (Phi) is 16.6. The zero-order chi connectivity index (χ0) is 26.1. The van der Waals surface area contributed by atoms with Gasteiger partial charge in [0, 0.05) is 34.9 Å². The SMILES string of the molecule is CC.CC.CCN(CCCC(C)Nc1ccnc2cc(Cl)ccc12)CCOC(=O)C(C)(C)CC. The minimum absolute atomic E-state index is 0.107. The van der Waals surface area contributed by atoms with E-state index in [9.17, 15) is 4.79 Å². The van der Waals surface area contributed by atoms with E-state index in [-0.39, 0.29) is 5.97 Å². The van der Waals surface area contributed by atoms with E-state index in [4.69, 9.17) is 16.3 Å². The van der Waals surface area contributed by atoms with Gasteiger partial charge in [-0.25, -0.2) is 0 Å². The molecule has 6 heteroatoms. The predicted molar refractivity (Wildman–Crippen MR) is 149 cm³/mol. The first-order valence-corrected chi connectivity index (χ1v) is 13.3. The van der Waals surface area contributed by atoms with Crippen molar-refractivity contribution in [3.63, 3.8) is 0 Å². The highest BCUT2D eigenvalue weighted by molar-refractivity contribution is 6.31. The number of ether oxygens (including phenoxy) is 1. The molecule has 0 aliphatic carbocycles. The fraction of sp³-hybridized carbons (Fsp3) is 0.643. The molecule has 0 amide bonds. The van der Waals surface area contributed by atoms with Gasteiger partial charge in [-0.2, -0.15) is 0 Å². The van der Waals surface area contributed by atoms with Crippen molar-refractivity contribution in [3.8, 4) is 0 Å². The molecule has 1 heterocycles. The molecule has 1 aromatic heterocycles. The molecule has 0 bridgehead atoms. The zero-order valence-electron chi connectivity index (χ0n) is 23.0. The van der Waals surface area contributed by atoms with Crippen LogP contribution in [0.1, 0.15) is 81.6 Å². The summed E-state index contributed by atoms with van der Waals surface area (Å²) in [6.07, 6.45) is 4.73. The number of carbonyl (C=O) groups excluding carboxylic acids is 1. The van der Waals surface area contributed by atoms with Crippen molar-refractivity contribution in [2.24, 2.45) is 5.41 Å². The van der Waals surface area contributed by atoms with Gasteiger partial charge >= 0.3 is 5.97 Å². The largest absolute Gasteiger partial charge is 0.464 e.